The van der Waals surface area contributed by atoms with Gasteiger partial charge in [0.1, 0.15) is 17.6 Å². The van der Waals surface area contributed by atoms with E-state index in [1.165, 1.54) is 28.8 Å². The number of aryl methyl sites for hydroxylation is 3. The Morgan fingerprint density at radius 2 is 1.81 bits per heavy atom. The van der Waals surface area contributed by atoms with Gasteiger partial charge in [0, 0.05) is 12.2 Å². The molecule has 27 heavy (non-hydrogen) atoms. The van der Waals surface area contributed by atoms with E-state index in [9.17, 15) is 0 Å². The van der Waals surface area contributed by atoms with Crippen molar-refractivity contribution in [2.75, 3.05) is 5.73 Å². The number of rotatable bonds is 5. The number of nitrogens with zero attached hydrogens (tertiary/aromatic N) is 3. The molecule has 1 aliphatic rings. The Balaban J connectivity index is 1.76. The summed E-state index contributed by atoms with van der Waals surface area (Å²) in [5, 5.41) is 0. The lowest BCUT2D eigenvalue weighted by Crippen LogP contribution is -2.08. The third-order valence-electron chi connectivity index (χ3n) is 6.13. The van der Waals surface area contributed by atoms with E-state index < -0.39 is 0 Å². The second-order valence-electron chi connectivity index (χ2n) is 8.04. The number of aromatic nitrogens is 3. The summed E-state index contributed by atoms with van der Waals surface area (Å²) in [6.07, 6.45) is 1.28. The first-order valence-electron chi connectivity index (χ1n) is 9.67. The van der Waals surface area contributed by atoms with Crippen molar-refractivity contribution >= 4 is 17.0 Å². The van der Waals surface area contributed by atoms with Gasteiger partial charge in [-0.1, -0.05) is 25.1 Å². The molecule has 2 N–H and O–H groups in total. The molecule has 2 atom stereocenters. The Labute approximate surface area is 160 Å². The number of anilines is 1. The number of nitrogen functional groups attached to an aromatic ring is 1. The SMILES string of the molecule is Cc1cccc(C)c1COc1nc(N)nc2c(C)c(C)n(CC3CC3C)c12. The van der Waals surface area contributed by atoms with E-state index in [1.54, 1.807) is 0 Å². The minimum Gasteiger partial charge on any atom is -0.471 e. The molecule has 0 radical (unpaired) electrons. The summed E-state index contributed by atoms with van der Waals surface area (Å²) in [4.78, 5) is 8.98. The van der Waals surface area contributed by atoms with E-state index in [4.69, 9.17) is 10.5 Å². The largest absolute Gasteiger partial charge is 0.471 e. The van der Waals surface area contributed by atoms with Gasteiger partial charge < -0.3 is 15.0 Å². The number of nitrogens with two attached hydrogens (primary N) is 1. The maximum atomic E-state index is 6.23. The standard InChI is InChI=1S/C22H28N4O/c1-12-7-6-8-13(2)18(12)11-27-21-20-19(24-22(23)25-21)15(4)16(5)26(20)10-17-9-14(17)3/h6-8,14,17H,9-11H2,1-5H3,(H2,23,24,25). The molecule has 2 heterocycles. The Kier molecular flexibility index (Phi) is 4.33. The van der Waals surface area contributed by atoms with Crippen LogP contribution in [0.15, 0.2) is 18.2 Å². The molecule has 0 aliphatic heterocycles. The van der Waals surface area contributed by atoms with E-state index in [2.05, 4.69) is 67.4 Å². The zero-order valence-corrected chi connectivity index (χ0v) is 16.8. The smallest absolute Gasteiger partial charge is 0.243 e. The fraction of sp³-hybridized carbons (Fsp3) is 0.455. The van der Waals surface area contributed by atoms with E-state index in [1.807, 2.05) is 0 Å². The Morgan fingerprint density at radius 1 is 1.15 bits per heavy atom. The highest BCUT2D eigenvalue weighted by atomic mass is 16.5. The highest BCUT2D eigenvalue weighted by Gasteiger charge is 2.34. The zero-order valence-electron chi connectivity index (χ0n) is 16.8. The van der Waals surface area contributed by atoms with Gasteiger partial charge in [0.05, 0.1) is 0 Å². The number of hydrogen-bond acceptors (Lipinski definition) is 4. The van der Waals surface area contributed by atoms with Crippen molar-refractivity contribution in [3.05, 3.63) is 46.1 Å². The minimum atomic E-state index is 0.263. The summed E-state index contributed by atoms with van der Waals surface area (Å²) >= 11 is 0. The van der Waals surface area contributed by atoms with Crippen molar-refractivity contribution in [1.29, 1.82) is 0 Å². The van der Waals surface area contributed by atoms with Crippen LogP contribution in [-0.4, -0.2) is 14.5 Å². The van der Waals surface area contributed by atoms with Crippen LogP contribution in [0, 0.1) is 39.5 Å². The highest BCUT2D eigenvalue weighted by molar-refractivity contribution is 5.86. The molecule has 5 nitrogen and oxygen atoms in total. The van der Waals surface area contributed by atoms with Crippen LogP contribution in [0.1, 0.15) is 41.3 Å². The van der Waals surface area contributed by atoms with Crippen LogP contribution in [-0.2, 0) is 13.2 Å². The molecule has 2 unspecified atom stereocenters. The molecule has 4 rings (SSSR count). The quantitative estimate of drug-likeness (QED) is 0.725. The third-order valence-corrected chi connectivity index (χ3v) is 6.13. The monoisotopic (exact) mass is 364 g/mol. The first-order chi connectivity index (χ1) is 12.9. The lowest BCUT2D eigenvalue weighted by molar-refractivity contribution is 0.295. The molecule has 0 spiro atoms. The van der Waals surface area contributed by atoms with Crippen LogP contribution in [0.25, 0.3) is 11.0 Å². The molecule has 0 saturated heterocycles. The van der Waals surface area contributed by atoms with Crippen molar-refractivity contribution in [2.45, 2.75) is 54.2 Å². The summed E-state index contributed by atoms with van der Waals surface area (Å²) in [5.41, 5.74) is 13.9. The first kappa shape index (κ1) is 17.8. The van der Waals surface area contributed by atoms with Crippen LogP contribution in [0.2, 0.25) is 0 Å². The van der Waals surface area contributed by atoms with Gasteiger partial charge in [-0.15, -0.1) is 0 Å². The molecular weight excluding hydrogens is 336 g/mol. The van der Waals surface area contributed by atoms with E-state index in [0.29, 0.717) is 12.5 Å². The molecule has 1 aliphatic carbocycles. The molecule has 0 bridgehead atoms. The van der Waals surface area contributed by atoms with Gasteiger partial charge in [-0.05, 0) is 68.2 Å². The molecule has 0 amide bonds. The Hall–Kier alpha value is -2.56. The van der Waals surface area contributed by atoms with Gasteiger partial charge in [-0.25, -0.2) is 4.98 Å². The summed E-state index contributed by atoms with van der Waals surface area (Å²) in [6, 6.07) is 6.30. The summed E-state index contributed by atoms with van der Waals surface area (Å²) in [5.74, 6) is 2.36. The topological polar surface area (TPSA) is 66.0 Å². The maximum Gasteiger partial charge on any atom is 0.243 e. The number of hydrogen-bond donors (Lipinski definition) is 1. The van der Waals surface area contributed by atoms with E-state index in [0.717, 1.165) is 35.0 Å². The summed E-state index contributed by atoms with van der Waals surface area (Å²) in [6.45, 7) is 12.3. The van der Waals surface area contributed by atoms with Crippen LogP contribution in [0.5, 0.6) is 5.88 Å². The summed E-state index contributed by atoms with van der Waals surface area (Å²) < 4.78 is 8.57. The number of fused-ring (bicyclic) bond motifs is 1. The fourth-order valence-corrected chi connectivity index (χ4v) is 3.93. The van der Waals surface area contributed by atoms with Crippen LogP contribution >= 0.6 is 0 Å². The van der Waals surface area contributed by atoms with Gasteiger partial charge in [0.15, 0.2) is 0 Å². The highest BCUT2D eigenvalue weighted by Crippen LogP contribution is 2.41. The minimum absolute atomic E-state index is 0.263. The second-order valence-corrected chi connectivity index (χ2v) is 8.04. The normalized spacial score (nSPS) is 18.9. The maximum absolute atomic E-state index is 6.23. The van der Waals surface area contributed by atoms with Crippen molar-refractivity contribution in [2.24, 2.45) is 11.8 Å². The van der Waals surface area contributed by atoms with Crippen LogP contribution < -0.4 is 10.5 Å². The molecule has 1 aromatic carbocycles. The van der Waals surface area contributed by atoms with Crippen molar-refractivity contribution in [1.82, 2.24) is 14.5 Å². The lowest BCUT2D eigenvalue weighted by Gasteiger charge is -2.14. The van der Waals surface area contributed by atoms with Crippen LogP contribution in [0.4, 0.5) is 5.95 Å². The van der Waals surface area contributed by atoms with E-state index in [-0.39, 0.29) is 5.95 Å². The molecule has 142 valence electrons. The predicted molar refractivity (Wildman–Crippen MR) is 109 cm³/mol. The zero-order chi connectivity index (χ0) is 19.3. The molecule has 1 fully saturated rings. The third kappa shape index (κ3) is 3.15. The van der Waals surface area contributed by atoms with Crippen LogP contribution in [0.3, 0.4) is 0 Å². The average Bonchev–Trinajstić information content (AvgIpc) is 3.27. The van der Waals surface area contributed by atoms with Gasteiger partial charge in [-0.3, -0.25) is 0 Å². The van der Waals surface area contributed by atoms with E-state index >= 15 is 0 Å². The molecule has 2 aromatic heterocycles. The lowest BCUT2D eigenvalue weighted by atomic mass is 10.0. The second kappa shape index (κ2) is 6.55. The number of benzene rings is 1. The van der Waals surface area contributed by atoms with Gasteiger partial charge in [0.25, 0.3) is 0 Å². The van der Waals surface area contributed by atoms with Crippen molar-refractivity contribution < 1.29 is 4.74 Å². The number of ether oxygens (including phenoxy) is 1. The van der Waals surface area contributed by atoms with Crippen molar-refractivity contribution in [3.63, 3.8) is 0 Å². The Bertz CT molecular complexity index is 1000. The summed E-state index contributed by atoms with van der Waals surface area (Å²) in [7, 11) is 0. The molecule has 1 saturated carbocycles. The molecular formula is C22H28N4O. The van der Waals surface area contributed by atoms with Crippen molar-refractivity contribution in [3.8, 4) is 5.88 Å². The average molecular weight is 364 g/mol. The Morgan fingerprint density at radius 3 is 2.44 bits per heavy atom. The van der Waals surface area contributed by atoms with Gasteiger partial charge in [-0.2, -0.15) is 4.98 Å². The predicted octanol–water partition coefficient (Wildman–Crippen LogP) is 4.48. The first-order valence-corrected chi connectivity index (χ1v) is 9.67. The van der Waals surface area contributed by atoms with Gasteiger partial charge in [0.2, 0.25) is 11.8 Å². The fourth-order valence-electron chi connectivity index (χ4n) is 3.93. The molecule has 5 heteroatoms. The molecule has 3 aromatic rings. The van der Waals surface area contributed by atoms with Gasteiger partial charge >= 0.3 is 0 Å².